The van der Waals surface area contributed by atoms with Gasteiger partial charge >= 0.3 is 0 Å². The average Bonchev–Trinajstić information content (AvgIpc) is 2.76. The quantitative estimate of drug-likeness (QED) is 0.363. The molecule has 0 saturated heterocycles. The molecule has 0 aliphatic carbocycles. The number of benzene rings is 3. The molecule has 0 amide bonds. The average molecular weight is 423 g/mol. The number of rotatable bonds is 6. The summed E-state index contributed by atoms with van der Waals surface area (Å²) in [5.74, 6) is 1.52. The van der Waals surface area contributed by atoms with Gasteiger partial charge in [0.15, 0.2) is 0 Å². The fraction of sp³-hybridized carbons (Fsp3) is 0.136. The van der Waals surface area contributed by atoms with Gasteiger partial charge in [0.25, 0.3) is 0 Å². The highest BCUT2D eigenvalue weighted by Gasteiger charge is 2.17. The van der Waals surface area contributed by atoms with Crippen LogP contribution in [0.5, 0.6) is 11.5 Å². The van der Waals surface area contributed by atoms with Crippen molar-refractivity contribution >= 4 is 38.3 Å². The van der Waals surface area contributed by atoms with E-state index in [0.29, 0.717) is 16.4 Å². The molecule has 0 fully saturated rings. The summed E-state index contributed by atoms with van der Waals surface area (Å²) in [6.07, 6.45) is 0. The van der Waals surface area contributed by atoms with Crippen molar-refractivity contribution in [2.24, 2.45) is 0 Å². The lowest BCUT2D eigenvalue weighted by Crippen LogP contribution is -2.07. The van der Waals surface area contributed by atoms with E-state index in [1.165, 1.54) is 12.1 Å². The van der Waals surface area contributed by atoms with Crippen molar-refractivity contribution in [1.29, 1.82) is 0 Å². The summed E-state index contributed by atoms with van der Waals surface area (Å²) in [5, 5.41) is 21.3. The Labute approximate surface area is 175 Å². The second-order valence-electron chi connectivity index (χ2n) is 6.64. The van der Waals surface area contributed by atoms with Crippen LogP contribution in [-0.2, 0) is 16.6 Å². The molecule has 154 valence electrons. The minimum atomic E-state index is -1.43. The maximum atomic E-state index is 13.5. The third-order valence-electron chi connectivity index (χ3n) is 4.82. The largest absolute Gasteiger partial charge is 0.733 e. The molecule has 1 atom stereocenters. The third-order valence-corrected chi connectivity index (χ3v) is 6.31. The van der Waals surface area contributed by atoms with Crippen molar-refractivity contribution in [3.05, 3.63) is 71.4 Å². The van der Waals surface area contributed by atoms with Gasteiger partial charge in [-0.3, -0.25) is 9.42 Å². The molecular formula is C22H19N2O5S-. The van der Waals surface area contributed by atoms with Crippen molar-refractivity contribution in [2.75, 3.05) is 19.4 Å². The zero-order valence-corrected chi connectivity index (χ0v) is 17.2. The van der Waals surface area contributed by atoms with Gasteiger partial charge in [0, 0.05) is 10.8 Å². The van der Waals surface area contributed by atoms with E-state index in [4.69, 9.17) is 19.7 Å². The van der Waals surface area contributed by atoms with Crippen molar-refractivity contribution in [3.8, 4) is 11.5 Å². The molecule has 0 radical (unpaired) electrons. The second-order valence-corrected chi connectivity index (χ2v) is 8.02. The van der Waals surface area contributed by atoms with E-state index in [1.54, 1.807) is 26.4 Å². The first-order valence-corrected chi connectivity index (χ1v) is 10.4. The molecule has 4 rings (SSSR count). The second kappa shape index (κ2) is 8.27. The van der Waals surface area contributed by atoms with Crippen molar-refractivity contribution in [2.45, 2.75) is 10.6 Å². The number of hydrogen-bond acceptors (Lipinski definition) is 7. The Balaban J connectivity index is 1.87. The lowest BCUT2D eigenvalue weighted by Gasteiger charge is -2.21. The van der Waals surface area contributed by atoms with Crippen LogP contribution in [0, 0.1) is 5.21 Å². The Bertz CT molecular complexity index is 1180. The Morgan fingerprint density at radius 1 is 0.933 bits per heavy atom. The predicted molar refractivity (Wildman–Crippen MR) is 117 cm³/mol. The standard InChI is InChI=1S/C22H19N2O5S/c1-28-16-7-9-20-18(11-16)22(19-12-17(29-2)8-10-21(19)23-20)30(27)13-14-3-5-15(6-4-14)24(25)26/h3-12,25H,13H2,1-2H3/q-1. The highest BCUT2D eigenvalue weighted by atomic mass is 32.2. The maximum Gasteiger partial charge on any atom is 0.119 e. The molecule has 0 bridgehead atoms. The summed E-state index contributed by atoms with van der Waals surface area (Å²) in [7, 11) is 1.73. The van der Waals surface area contributed by atoms with Crippen molar-refractivity contribution < 1.29 is 18.9 Å². The van der Waals surface area contributed by atoms with Crippen LogP contribution >= 0.6 is 0 Å². The van der Waals surface area contributed by atoms with Gasteiger partial charge in [-0.2, -0.15) is 0 Å². The SMILES string of the molecule is COc1ccc2nc3ccc(OC)cc3c(S(=O)Cc3ccc(N([O-])O)cc3)c2c1. The number of anilines is 1. The third kappa shape index (κ3) is 3.80. The molecule has 30 heavy (non-hydrogen) atoms. The topological polar surface area (TPSA) is 95.0 Å². The van der Waals surface area contributed by atoms with Crippen LogP contribution in [0.4, 0.5) is 5.69 Å². The monoisotopic (exact) mass is 423 g/mol. The van der Waals surface area contributed by atoms with Gasteiger partial charge in [-0.25, -0.2) is 4.98 Å². The summed E-state index contributed by atoms with van der Waals surface area (Å²) in [6, 6.07) is 17.3. The first-order chi connectivity index (χ1) is 14.5. The number of fused-ring (bicyclic) bond motifs is 2. The predicted octanol–water partition coefficient (Wildman–Crippen LogP) is 4.41. The van der Waals surface area contributed by atoms with Crippen LogP contribution in [0.2, 0.25) is 0 Å². The van der Waals surface area contributed by atoms with E-state index in [9.17, 15) is 9.42 Å². The van der Waals surface area contributed by atoms with Gasteiger partial charge in [0.05, 0.1) is 52.4 Å². The number of aromatic nitrogens is 1. The summed E-state index contributed by atoms with van der Waals surface area (Å²) in [6.45, 7) is 0. The molecule has 1 aromatic heterocycles. The fourth-order valence-corrected chi connectivity index (χ4v) is 4.76. The smallest absolute Gasteiger partial charge is 0.119 e. The van der Waals surface area contributed by atoms with E-state index in [1.807, 2.05) is 36.4 Å². The van der Waals surface area contributed by atoms with Crippen LogP contribution in [0.1, 0.15) is 5.56 Å². The molecule has 1 unspecified atom stereocenters. The minimum Gasteiger partial charge on any atom is -0.733 e. The molecule has 0 spiro atoms. The summed E-state index contributed by atoms with van der Waals surface area (Å²) in [4.78, 5) is 5.34. The van der Waals surface area contributed by atoms with Gasteiger partial charge in [0.2, 0.25) is 0 Å². The van der Waals surface area contributed by atoms with E-state index in [-0.39, 0.29) is 16.7 Å². The number of methoxy groups -OCH3 is 2. The van der Waals surface area contributed by atoms with Crippen LogP contribution in [-0.4, -0.2) is 28.6 Å². The van der Waals surface area contributed by atoms with Gasteiger partial charge in [-0.15, -0.1) is 0 Å². The highest BCUT2D eigenvalue weighted by molar-refractivity contribution is 7.84. The lowest BCUT2D eigenvalue weighted by atomic mass is 10.1. The Morgan fingerprint density at radius 3 is 1.93 bits per heavy atom. The van der Waals surface area contributed by atoms with Gasteiger partial charge in [-0.1, -0.05) is 12.1 Å². The molecule has 0 saturated carbocycles. The van der Waals surface area contributed by atoms with Gasteiger partial charge in [0.1, 0.15) is 11.5 Å². The normalized spacial score (nSPS) is 12.1. The van der Waals surface area contributed by atoms with E-state index in [0.717, 1.165) is 27.4 Å². The van der Waals surface area contributed by atoms with Crippen molar-refractivity contribution in [1.82, 2.24) is 4.98 Å². The molecular weight excluding hydrogens is 404 g/mol. The Kier molecular flexibility index (Phi) is 5.54. The Morgan fingerprint density at radius 2 is 1.47 bits per heavy atom. The van der Waals surface area contributed by atoms with Crippen LogP contribution in [0.3, 0.4) is 0 Å². The van der Waals surface area contributed by atoms with Crippen molar-refractivity contribution in [3.63, 3.8) is 0 Å². The van der Waals surface area contributed by atoms with E-state index in [2.05, 4.69) is 0 Å². The van der Waals surface area contributed by atoms with Crippen LogP contribution < -0.4 is 14.7 Å². The van der Waals surface area contributed by atoms with E-state index >= 15 is 0 Å². The van der Waals surface area contributed by atoms with Crippen LogP contribution in [0.15, 0.2) is 65.6 Å². The van der Waals surface area contributed by atoms with E-state index < -0.39 is 10.8 Å². The lowest BCUT2D eigenvalue weighted by molar-refractivity contribution is 0.296. The number of pyridine rings is 1. The molecule has 1 heterocycles. The first-order valence-electron chi connectivity index (χ1n) is 9.09. The molecule has 4 aromatic rings. The molecule has 8 heteroatoms. The first kappa shape index (κ1) is 20.1. The molecule has 7 nitrogen and oxygen atoms in total. The summed E-state index contributed by atoms with van der Waals surface area (Å²) < 4.78 is 24.3. The molecule has 0 aliphatic rings. The number of hydrogen-bond donors (Lipinski definition) is 1. The summed E-state index contributed by atoms with van der Waals surface area (Å²) >= 11 is 0. The summed E-state index contributed by atoms with van der Waals surface area (Å²) in [5.41, 5.74) is 2.31. The minimum absolute atomic E-state index is 0.110. The maximum absolute atomic E-state index is 13.5. The number of ether oxygens (including phenoxy) is 2. The molecule has 3 aromatic carbocycles. The van der Waals surface area contributed by atoms with Gasteiger partial charge < -0.3 is 19.9 Å². The molecule has 1 N–H and O–H groups in total. The highest BCUT2D eigenvalue weighted by Crippen LogP contribution is 2.34. The zero-order chi connectivity index (χ0) is 21.3. The fourth-order valence-electron chi connectivity index (χ4n) is 3.31. The zero-order valence-electron chi connectivity index (χ0n) is 16.4. The Hall–Kier alpha value is -3.20. The number of nitrogens with zero attached hydrogens (tertiary/aromatic N) is 2. The van der Waals surface area contributed by atoms with Crippen LogP contribution in [0.25, 0.3) is 21.8 Å². The van der Waals surface area contributed by atoms with Gasteiger partial charge in [-0.05, 0) is 54.1 Å². The molecule has 0 aliphatic heterocycles.